The first-order valence-electron chi connectivity index (χ1n) is 8.21. The second-order valence-electron chi connectivity index (χ2n) is 6.41. The third-order valence-electron chi connectivity index (χ3n) is 3.98. The molecule has 0 unspecified atom stereocenters. The zero-order chi connectivity index (χ0) is 16.7. The summed E-state index contributed by atoms with van der Waals surface area (Å²) in [5, 5.41) is 8.63. The number of hydrogen-bond acceptors (Lipinski definition) is 3. The van der Waals surface area contributed by atoms with E-state index in [2.05, 4.69) is 24.3 Å². The monoisotopic (exact) mass is 318 g/mol. The Morgan fingerprint density at radius 1 is 1.30 bits per heavy atom. The van der Waals surface area contributed by atoms with Crippen LogP contribution in [0, 0.1) is 5.92 Å². The molecule has 0 aromatic heterocycles. The average molecular weight is 318 g/mol. The van der Waals surface area contributed by atoms with Crippen molar-refractivity contribution in [3.8, 4) is 0 Å². The van der Waals surface area contributed by atoms with Crippen molar-refractivity contribution in [1.82, 2.24) is 0 Å². The van der Waals surface area contributed by atoms with E-state index in [1.165, 1.54) is 5.56 Å². The van der Waals surface area contributed by atoms with E-state index in [4.69, 9.17) is 14.6 Å². The molecule has 0 saturated carbocycles. The van der Waals surface area contributed by atoms with Crippen LogP contribution < -0.4 is 0 Å². The summed E-state index contributed by atoms with van der Waals surface area (Å²) in [6.07, 6.45) is 6.76. The molecule has 0 radical (unpaired) electrons. The fraction of sp³-hybridized carbons (Fsp3) is 0.526. The van der Waals surface area contributed by atoms with Crippen LogP contribution >= 0.6 is 0 Å². The zero-order valence-electron chi connectivity index (χ0n) is 13.9. The molecule has 0 amide bonds. The van der Waals surface area contributed by atoms with Crippen molar-refractivity contribution in [2.24, 2.45) is 5.92 Å². The molecule has 0 aliphatic carbocycles. The molecule has 23 heavy (non-hydrogen) atoms. The van der Waals surface area contributed by atoms with Crippen molar-refractivity contribution in [1.29, 1.82) is 0 Å². The smallest absolute Gasteiger partial charge is 0.303 e. The Morgan fingerprint density at radius 2 is 2.04 bits per heavy atom. The molecule has 4 heteroatoms. The summed E-state index contributed by atoms with van der Waals surface area (Å²) < 4.78 is 12.0. The SMILES string of the molecule is CC1(C)OC[C@@H](CC=CCCCC(=O)O)[C@@H](c2ccccc2)O1. The van der Waals surface area contributed by atoms with Gasteiger partial charge in [-0.3, -0.25) is 4.79 Å². The van der Waals surface area contributed by atoms with Crippen molar-refractivity contribution in [2.45, 2.75) is 51.4 Å². The summed E-state index contributed by atoms with van der Waals surface area (Å²) in [7, 11) is 0. The second-order valence-corrected chi connectivity index (χ2v) is 6.41. The predicted octanol–water partition coefficient (Wildman–Crippen LogP) is 4.33. The summed E-state index contributed by atoms with van der Waals surface area (Å²) in [4.78, 5) is 10.5. The number of aliphatic carboxylic acids is 1. The molecular weight excluding hydrogens is 292 g/mol. The molecule has 2 atom stereocenters. The molecule has 0 spiro atoms. The van der Waals surface area contributed by atoms with Crippen LogP contribution in [0.2, 0.25) is 0 Å². The highest BCUT2D eigenvalue weighted by molar-refractivity contribution is 5.66. The van der Waals surface area contributed by atoms with Crippen LogP contribution in [-0.4, -0.2) is 23.5 Å². The van der Waals surface area contributed by atoms with Gasteiger partial charge >= 0.3 is 5.97 Å². The van der Waals surface area contributed by atoms with E-state index in [0.29, 0.717) is 13.0 Å². The van der Waals surface area contributed by atoms with E-state index in [1.54, 1.807) is 0 Å². The van der Waals surface area contributed by atoms with E-state index in [-0.39, 0.29) is 18.4 Å². The van der Waals surface area contributed by atoms with Crippen LogP contribution in [0.5, 0.6) is 0 Å². The van der Waals surface area contributed by atoms with Gasteiger partial charge in [0.1, 0.15) is 0 Å². The Bertz CT molecular complexity index is 521. The van der Waals surface area contributed by atoms with E-state index in [9.17, 15) is 4.79 Å². The van der Waals surface area contributed by atoms with Gasteiger partial charge in [0.15, 0.2) is 5.79 Å². The lowest BCUT2D eigenvalue weighted by Crippen LogP contribution is -2.41. The number of allylic oxidation sites excluding steroid dienone is 2. The molecule has 1 aliphatic heterocycles. The van der Waals surface area contributed by atoms with Gasteiger partial charge in [-0.1, -0.05) is 42.5 Å². The van der Waals surface area contributed by atoms with Crippen LogP contribution in [0.3, 0.4) is 0 Å². The number of carbonyl (C=O) groups is 1. The van der Waals surface area contributed by atoms with Gasteiger partial charge in [-0.15, -0.1) is 0 Å². The van der Waals surface area contributed by atoms with Crippen molar-refractivity contribution >= 4 is 5.97 Å². The minimum atomic E-state index is -0.737. The summed E-state index contributed by atoms with van der Waals surface area (Å²) in [6.45, 7) is 4.55. The fourth-order valence-corrected chi connectivity index (χ4v) is 2.77. The lowest BCUT2D eigenvalue weighted by atomic mass is 9.91. The molecule has 1 aliphatic rings. The highest BCUT2D eigenvalue weighted by Gasteiger charge is 2.36. The first kappa shape index (κ1) is 17.7. The van der Waals surface area contributed by atoms with Crippen molar-refractivity contribution in [3.63, 3.8) is 0 Å². The van der Waals surface area contributed by atoms with Crippen LogP contribution in [0.25, 0.3) is 0 Å². The van der Waals surface area contributed by atoms with E-state index in [1.807, 2.05) is 32.0 Å². The number of unbranched alkanes of at least 4 members (excludes halogenated alkanes) is 1. The number of carboxylic acids is 1. The Balaban J connectivity index is 1.93. The summed E-state index contributed by atoms with van der Waals surface area (Å²) >= 11 is 0. The molecule has 1 saturated heterocycles. The highest BCUT2D eigenvalue weighted by atomic mass is 16.7. The average Bonchev–Trinajstić information content (AvgIpc) is 2.52. The van der Waals surface area contributed by atoms with Crippen LogP contribution in [0.4, 0.5) is 0 Å². The minimum absolute atomic E-state index is 0.0172. The van der Waals surface area contributed by atoms with Gasteiger partial charge in [-0.25, -0.2) is 0 Å². The van der Waals surface area contributed by atoms with Gasteiger partial charge in [0, 0.05) is 12.3 Å². The predicted molar refractivity (Wildman–Crippen MR) is 89.0 cm³/mol. The maximum Gasteiger partial charge on any atom is 0.303 e. The van der Waals surface area contributed by atoms with Crippen LogP contribution in [0.1, 0.15) is 51.2 Å². The molecule has 4 nitrogen and oxygen atoms in total. The Morgan fingerprint density at radius 3 is 2.74 bits per heavy atom. The molecule has 0 bridgehead atoms. The molecular formula is C19H26O4. The Kier molecular flexibility index (Phi) is 6.37. The molecule has 1 aromatic rings. The third-order valence-corrected chi connectivity index (χ3v) is 3.98. The number of benzene rings is 1. The summed E-state index contributed by atoms with van der Waals surface area (Å²) in [5.74, 6) is -1.04. The molecule has 1 fully saturated rings. The zero-order valence-corrected chi connectivity index (χ0v) is 13.9. The molecule has 1 N–H and O–H groups in total. The largest absolute Gasteiger partial charge is 0.481 e. The van der Waals surface area contributed by atoms with Gasteiger partial charge in [0.05, 0.1) is 12.7 Å². The first-order valence-corrected chi connectivity index (χ1v) is 8.21. The van der Waals surface area contributed by atoms with Crippen molar-refractivity contribution in [3.05, 3.63) is 48.0 Å². The van der Waals surface area contributed by atoms with Gasteiger partial charge < -0.3 is 14.6 Å². The van der Waals surface area contributed by atoms with Gasteiger partial charge in [-0.2, -0.15) is 0 Å². The molecule has 1 heterocycles. The molecule has 1 aromatic carbocycles. The lowest BCUT2D eigenvalue weighted by molar-refractivity contribution is -0.295. The number of rotatable bonds is 7. The summed E-state index contributed by atoms with van der Waals surface area (Å²) in [5.41, 5.74) is 1.17. The second kappa shape index (κ2) is 8.27. The van der Waals surface area contributed by atoms with Crippen LogP contribution in [0.15, 0.2) is 42.5 Å². The number of ether oxygens (including phenoxy) is 2. The van der Waals surface area contributed by atoms with Crippen molar-refractivity contribution < 1.29 is 19.4 Å². The van der Waals surface area contributed by atoms with E-state index >= 15 is 0 Å². The molecule has 126 valence electrons. The topological polar surface area (TPSA) is 55.8 Å². The van der Waals surface area contributed by atoms with E-state index < -0.39 is 11.8 Å². The molecule has 2 rings (SSSR count). The van der Waals surface area contributed by atoms with Crippen molar-refractivity contribution in [2.75, 3.05) is 6.61 Å². The third kappa shape index (κ3) is 5.81. The Hall–Kier alpha value is -1.65. The van der Waals surface area contributed by atoms with Gasteiger partial charge in [-0.05, 0) is 38.7 Å². The quantitative estimate of drug-likeness (QED) is 0.600. The maximum atomic E-state index is 10.5. The standard InChI is InChI=1S/C19H26O4/c1-19(2)22-14-16(12-6-3-4-9-13-17(20)21)18(23-19)15-10-7-5-8-11-15/h3,5-8,10-11,16,18H,4,9,12-14H2,1-2H3,(H,20,21)/t16-,18-/m1/s1. The lowest BCUT2D eigenvalue weighted by Gasteiger charge is -2.41. The van der Waals surface area contributed by atoms with Gasteiger partial charge in [0.25, 0.3) is 0 Å². The summed E-state index contributed by atoms with van der Waals surface area (Å²) in [6, 6.07) is 10.2. The Labute approximate surface area is 138 Å². The normalized spacial score (nSPS) is 23.9. The number of carboxylic acid groups (broad SMARTS) is 1. The minimum Gasteiger partial charge on any atom is -0.481 e. The highest BCUT2D eigenvalue weighted by Crippen LogP contribution is 2.38. The van der Waals surface area contributed by atoms with Gasteiger partial charge in [0.2, 0.25) is 0 Å². The van der Waals surface area contributed by atoms with Crippen LogP contribution in [-0.2, 0) is 14.3 Å². The fourth-order valence-electron chi connectivity index (χ4n) is 2.77. The van der Waals surface area contributed by atoms with E-state index in [0.717, 1.165) is 12.8 Å². The maximum absolute atomic E-state index is 10.5. The first-order chi connectivity index (χ1) is 11.0. The number of hydrogen-bond donors (Lipinski definition) is 1.